The minimum Gasteiger partial charge on any atom is -0.481 e. The third-order valence-electron chi connectivity index (χ3n) is 13.3. The molecule has 13 unspecified atom stereocenters. The average molecular weight is 681 g/mol. The number of hydrogen-bond acceptors (Lipinski definition) is 10. The van der Waals surface area contributed by atoms with Gasteiger partial charge in [-0.05, 0) is 113 Å². The van der Waals surface area contributed by atoms with Crippen LogP contribution < -0.4 is 0 Å². The number of fused-ring (bicyclic) bond motifs is 3. The van der Waals surface area contributed by atoms with Crippen LogP contribution in [-0.4, -0.2) is 86.1 Å². The lowest BCUT2D eigenvalue weighted by atomic mass is 9.37. The fourth-order valence-corrected chi connectivity index (χ4v) is 10.7. The molecule has 4 fully saturated rings. The first-order chi connectivity index (χ1) is 22.2. The molecule has 4 aliphatic rings. The van der Waals surface area contributed by atoms with Crippen LogP contribution in [0, 0.1) is 39.9 Å². The number of carboxylic acids is 1. The predicted molar refractivity (Wildman–Crippen MR) is 177 cm³/mol. The third kappa shape index (κ3) is 7.02. The van der Waals surface area contributed by atoms with E-state index in [0.717, 1.165) is 31.3 Å². The maximum absolute atomic E-state index is 12.2. The zero-order chi connectivity index (χ0) is 36.0. The molecule has 13 atom stereocenters. The number of aliphatic hydroxyl groups is 3. The summed E-state index contributed by atoms with van der Waals surface area (Å²) in [6.07, 6.45) is 2.76. The lowest BCUT2D eigenvalue weighted by molar-refractivity contribution is -0.297. The molecule has 5 N–H and O–H groups in total. The maximum Gasteiger partial charge on any atom is 0.303 e. The Morgan fingerprint density at radius 2 is 1.67 bits per heavy atom. The van der Waals surface area contributed by atoms with Crippen LogP contribution in [0.3, 0.4) is 0 Å². The summed E-state index contributed by atoms with van der Waals surface area (Å²) >= 11 is 0. The van der Waals surface area contributed by atoms with E-state index in [4.69, 9.17) is 14.2 Å². The Labute approximate surface area is 285 Å². The molecule has 0 bridgehead atoms. The molecule has 1 aliphatic heterocycles. The first kappa shape index (κ1) is 38.9. The van der Waals surface area contributed by atoms with Crippen LogP contribution in [0.1, 0.15) is 107 Å². The molecule has 3 aliphatic carbocycles. The Bertz CT molecular complexity index is 1230. The van der Waals surface area contributed by atoms with Gasteiger partial charge >= 0.3 is 11.9 Å². The topological polar surface area (TPSA) is 172 Å². The van der Waals surface area contributed by atoms with Crippen LogP contribution in [0.25, 0.3) is 0 Å². The van der Waals surface area contributed by atoms with E-state index in [9.17, 15) is 35.3 Å². The van der Waals surface area contributed by atoms with Crippen molar-refractivity contribution in [3.05, 3.63) is 24.3 Å². The van der Waals surface area contributed by atoms with Crippen molar-refractivity contribution < 1.29 is 54.4 Å². The molecule has 274 valence electrons. The van der Waals surface area contributed by atoms with Crippen molar-refractivity contribution in [1.29, 1.82) is 0 Å². The lowest BCUT2D eigenvalue weighted by Crippen LogP contribution is -2.64. The molecule has 0 aromatic rings. The number of hydrogen-bond donors (Lipinski definition) is 5. The second-order valence-corrected chi connectivity index (χ2v) is 16.8. The van der Waals surface area contributed by atoms with Crippen molar-refractivity contribution in [3.63, 3.8) is 0 Å². The number of aliphatic hydroxyl groups excluding tert-OH is 3. The Kier molecular flexibility index (Phi) is 11.4. The van der Waals surface area contributed by atoms with Gasteiger partial charge in [-0.2, -0.15) is 0 Å². The van der Waals surface area contributed by atoms with Gasteiger partial charge in [0.2, 0.25) is 0 Å². The van der Waals surface area contributed by atoms with Crippen molar-refractivity contribution in [2.75, 3.05) is 6.61 Å². The normalized spacial score (nSPS) is 42.6. The predicted octanol–water partition coefficient (Wildman–Crippen LogP) is 5.26. The van der Waals surface area contributed by atoms with Crippen LogP contribution in [0.4, 0.5) is 0 Å². The molecular formula is C37H60O11. The highest BCUT2D eigenvalue weighted by molar-refractivity contribution is 5.66. The number of esters is 1. The van der Waals surface area contributed by atoms with Crippen LogP contribution in [0.5, 0.6) is 0 Å². The average Bonchev–Trinajstić information content (AvgIpc) is 3.50. The molecule has 0 radical (unpaired) electrons. The molecule has 4 rings (SSSR count). The zero-order valence-corrected chi connectivity index (χ0v) is 30.1. The molecular weight excluding hydrogens is 620 g/mol. The van der Waals surface area contributed by atoms with Crippen molar-refractivity contribution in [2.45, 2.75) is 149 Å². The summed E-state index contributed by atoms with van der Waals surface area (Å²) in [7, 11) is 0. The SMILES string of the molecule is C=C(C)C1CCC2(C)C(CC(O)C3C(C(C)(C/C=C/C(C)(C)OO)OC4OC(COC(C)=O)C(O)C4O)CCC32C)C1(C)CCC(=O)O. The lowest BCUT2D eigenvalue weighted by Gasteiger charge is -2.67. The summed E-state index contributed by atoms with van der Waals surface area (Å²) in [4.78, 5) is 27.9. The van der Waals surface area contributed by atoms with Crippen LogP contribution in [-0.2, 0) is 28.7 Å². The van der Waals surface area contributed by atoms with E-state index in [-0.39, 0.29) is 52.9 Å². The van der Waals surface area contributed by atoms with E-state index in [1.165, 1.54) is 6.92 Å². The Hall–Kier alpha value is -1.86. The fraction of sp³-hybridized carbons (Fsp3) is 0.838. The van der Waals surface area contributed by atoms with Gasteiger partial charge in [-0.1, -0.05) is 45.1 Å². The van der Waals surface area contributed by atoms with E-state index in [0.29, 0.717) is 19.3 Å². The summed E-state index contributed by atoms with van der Waals surface area (Å²) in [5.41, 5.74) is -1.78. The quantitative estimate of drug-likeness (QED) is 0.0743. The van der Waals surface area contributed by atoms with Gasteiger partial charge in [-0.15, -0.1) is 0 Å². The number of aliphatic carboxylic acids is 1. The zero-order valence-electron chi connectivity index (χ0n) is 30.1. The summed E-state index contributed by atoms with van der Waals surface area (Å²) in [6, 6.07) is 0. The highest BCUT2D eigenvalue weighted by Gasteiger charge is 2.70. The molecule has 48 heavy (non-hydrogen) atoms. The maximum atomic E-state index is 12.2. The summed E-state index contributed by atoms with van der Waals surface area (Å²) in [5, 5.41) is 53.1. The first-order valence-electron chi connectivity index (χ1n) is 17.5. The Balaban J connectivity index is 1.71. The number of allylic oxidation sites excluding steroid dienone is 1. The third-order valence-corrected chi connectivity index (χ3v) is 13.3. The first-order valence-corrected chi connectivity index (χ1v) is 17.5. The van der Waals surface area contributed by atoms with Crippen LogP contribution >= 0.6 is 0 Å². The molecule has 11 heteroatoms. The van der Waals surface area contributed by atoms with Gasteiger partial charge in [-0.25, -0.2) is 4.89 Å². The molecule has 1 heterocycles. The second-order valence-electron chi connectivity index (χ2n) is 16.8. The number of ether oxygens (including phenoxy) is 3. The van der Waals surface area contributed by atoms with E-state index < -0.39 is 53.8 Å². The summed E-state index contributed by atoms with van der Waals surface area (Å²) < 4.78 is 17.7. The van der Waals surface area contributed by atoms with Crippen LogP contribution in [0.2, 0.25) is 0 Å². The molecule has 3 saturated carbocycles. The second kappa shape index (κ2) is 14.0. The highest BCUT2D eigenvalue weighted by atomic mass is 17.1. The smallest absolute Gasteiger partial charge is 0.303 e. The summed E-state index contributed by atoms with van der Waals surface area (Å²) in [5.74, 6) is -1.51. The molecule has 0 aromatic heterocycles. The minimum absolute atomic E-state index is 0.0614. The minimum atomic E-state index is -1.40. The Morgan fingerprint density at radius 1 is 1.02 bits per heavy atom. The van der Waals surface area contributed by atoms with E-state index >= 15 is 0 Å². The van der Waals surface area contributed by atoms with Gasteiger partial charge in [-0.3, -0.25) is 14.8 Å². The monoisotopic (exact) mass is 680 g/mol. The Morgan fingerprint density at radius 3 is 2.25 bits per heavy atom. The van der Waals surface area contributed by atoms with Crippen molar-refractivity contribution in [3.8, 4) is 0 Å². The largest absolute Gasteiger partial charge is 0.481 e. The molecule has 0 spiro atoms. The van der Waals surface area contributed by atoms with Crippen molar-refractivity contribution in [1.82, 2.24) is 0 Å². The molecule has 0 amide bonds. The van der Waals surface area contributed by atoms with Crippen LogP contribution in [0.15, 0.2) is 24.3 Å². The van der Waals surface area contributed by atoms with Crippen molar-refractivity contribution in [2.24, 2.45) is 39.9 Å². The number of carbonyl (C=O) groups is 2. The number of carboxylic acid groups (broad SMARTS) is 1. The van der Waals surface area contributed by atoms with E-state index in [1.54, 1.807) is 19.9 Å². The van der Waals surface area contributed by atoms with Gasteiger partial charge < -0.3 is 34.6 Å². The number of rotatable bonds is 13. The number of carbonyl (C=O) groups excluding carboxylic acids is 1. The standard InChI is InChI=1S/C37H60O11/c1-21(2)23-11-17-35(7)27(34(23,6)16-13-28(40)41)19-25(39)29-24(12-18-36(29,35)8)37(9,15-10-14-33(4,5)48-44)47-32-31(43)30(42)26(46-32)20-45-22(3)38/h10,14,23-27,29-32,39,42-44H,1,11-13,15-20H2,2-9H3,(H,40,41)/b14-10+. The van der Waals surface area contributed by atoms with Gasteiger partial charge in [0.1, 0.15) is 30.5 Å². The van der Waals surface area contributed by atoms with E-state index in [1.807, 2.05) is 19.9 Å². The van der Waals surface area contributed by atoms with Gasteiger partial charge in [0.05, 0.1) is 11.7 Å². The fourth-order valence-electron chi connectivity index (χ4n) is 10.7. The molecule has 0 aromatic carbocycles. The molecule has 11 nitrogen and oxygen atoms in total. The molecule has 1 saturated heterocycles. The van der Waals surface area contributed by atoms with Gasteiger partial charge in [0.15, 0.2) is 6.29 Å². The van der Waals surface area contributed by atoms with Gasteiger partial charge in [0, 0.05) is 13.3 Å². The summed E-state index contributed by atoms with van der Waals surface area (Å²) in [6.45, 7) is 19.6. The highest BCUT2D eigenvalue weighted by Crippen LogP contribution is 2.74. The van der Waals surface area contributed by atoms with E-state index in [2.05, 4.69) is 32.2 Å². The van der Waals surface area contributed by atoms with Gasteiger partial charge in [0.25, 0.3) is 0 Å². The van der Waals surface area contributed by atoms with Crippen molar-refractivity contribution >= 4 is 11.9 Å².